The SMILES string of the molecule is CN(C)CC1CCN(CCC(O)c2ccc(Br)cc2)CC1. The summed E-state index contributed by atoms with van der Waals surface area (Å²) in [5, 5.41) is 10.3. The van der Waals surface area contributed by atoms with Crippen LogP contribution in [0.2, 0.25) is 0 Å². The minimum atomic E-state index is -0.349. The zero-order valence-electron chi connectivity index (χ0n) is 13.1. The molecule has 0 radical (unpaired) electrons. The number of halogens is 1. The molecule has 1 N–H and O–H groups in total. The van der Waals surface area contributed by atoms with E-state index in [0.717, 1.165) is 28.9 Å². The summed E-state index contributed by atoms with van der Waals surface area (Å²) in [5.41, 5.74) is 1.01. The third-order valence-electron chi connectivity index (χ3n) is 4.30. The summed E-state index contributed by atoms with van der Waals surface area (Å²) in [6.07, 6.45) is 3.04. The van der Waals surface area contributed by atoms with Crippen molar-refractivity contribution in [3.63, 3.8) is 0 Å². The Labute approximate surface area is 137 Å². The fraction of sp³-hybridized carbons (Fsp3) is 0.647. The van der Waals surface area contributed by atoms with Gasteiger partial charge in [0, 0.05) is 17.6 Å². The molecular formula is C17H27BrN2O. The van der Waals surface area contributed by atoms with E-state index in [-0.39, 0.29) is 6.10 Å². The molecule has 1 heterocycles. The van der Waals surface area contributed by atoms with Crippen LogP contribution in [-0.4, -0.2) is 55.2 Å². The maximum Gasteiger partial charge on any atom is 0.0802 e. The van der Waals surface area contributed by atoms with Gasteiger partial charge in [0.2, 0.25) is 0 Å². The second-order valence-corrected chi connectivity index (χ2v) is 7.32. The van der Waals surface area contributed by atoms with E-state index in [0.29, 0.717) is 0 Å². The Bertz CT molecular complexity index is 413. The molecule has 1 aliphatic rings. The number of likely N-dealkylation sites (tertiary alicyclic amines) is 1. The molecule has 1 unspecified atom stereocenters. The minimum absolute atomic E-state index is 0.349. The summed E-state index contributed by atoms with van der Waals surface area (Å²) in [6.45, 7) is 4.54. The smallest absolute Gasteiger partial charge is 0.0802 e. The van der Waals surface area contributed by atoms with E-state index in [1.807, 2.05) is 24.3 Å². The van der Waals surface area contributed by atoms with Gasteiger partial charge in [-0.3, -0.25) is 0 Å². The third-order valence-corrected chi connectivity index (χ3v) is 4.83. The summed E-state index contributed by atoms with van der Waals surface area (Å²) in [5.74, 6) is 0.840. The van der Waals surface area contributed by atoms with Crippen molar-refractivity contribution >= 4 is 15.9 Å². The first kappa shape index (κ1) is 16.9. The van der Waals surface area contributed by atoms with Crippen LogP contribution < -0.4 is 0 Å². The van der Waals surface area contributed by atoms with Crippen molar-refractivity contribution in [3.8, 4) is 0 Å². The Morgan fingerprint density at radius 2 is 1.86 bits per heavy atom. The van der Waals surface area contributed by atoms with E-state index < -0.39 is 0 Å². The van der Waals surface area contributed by atoms with Gasteiger partial charge in [0.15, 0.2) is 0 Å². The highest BCUT2D eigenvalue weighted by Crippen LogP contribution is 2.22. The summed E-state index contributed by atoms with van der Waals surface area (Å²) < 4.78 is 1.06. The molecule has 2 rings (SSSR count). The lowest BCUT2D eigenvalue weighted by atomic mass is 9.96. The second kappa shape index (κ2) is 8.28. The van der Waals surface area contributed by atoms with Crippen LogP contribution in [0.5, 0.6) is 0 Å². The van der Waals surface area contributed by atoms with Gasteiger partial charge in [0.25, 0.3) is 0 Å². The van der Waals surface area contributed by atoms with Crippen molar-refractivity contribution in [1.82, 2.24) is 9.80 Å². The monoisotopic (exact) mass is 354 g/mol. The van der Waals surface area contributed by atoms with E-state index in [2.05, 4.69) is 39.8 Å². The molecule has 21 heavy (non-hydrogen) atoms. The number of hydrogen-bond donors (Lipinski definition) is 1. The van der Waals surface area contributed by atoms with Crippen LogP contribution in [0.15, 0.2) is 28.7 Å². The predicted octanol–water partition coefficient (Wildman–Crippen LogP) is 3.15. The summed E-state index contributed by atoms with van der Waals surface area (Å²) in [7, 11) is 4.31. The van der Waals surface area contributed by atoms with Crippen LogP contribution in [0.4, 0.5) is 0 Å². The maximum absolute atomic E-state index is 10.3. The third kappa shape index (κ3) is 5.70. The second-order valence-electron chi connectivity index (χ2n) is 6.40. The van der Waals surface area contributed by atoms with Gasteiger partial charge in [-0.2, -0.15) is 0 Å². The highest BCUT2D eigenvalue weighted by atomic mass is 79.9. The Balaban J connectivity index is 1.70. The lowest BCUT2D eigenvalue weighted by molar-refractivity contribution is 0.117. The van der Waals surface area contributed by atoms with Gasteiger partial charge >= 0.3 is 0 Å². The van der Waals surface area contributed by atoms with Crippen molar-refractivity contribution in [1.29, 1.82) is 0 Å². The fourth-order valence-corrected chi connectivity index (χ4v) is 3.33. The van der Waals surface area contributed by atoms with Gasteiger partial charge in [0.05, 0.1) is 6.10 Å². The number of aliphatic hydroxyl groups is 1. The molecule has 3 nitrogen and oxygen atoms in total. The van der Waals surface area contributed by atoms with Crippen molar-refractivity contribution in [2.24, 2.45) is 5.92 Å². The molecule has 1 aliphatic heterocycles. The van der Waals surface area contributed by atoms with Crippen LogP contribution >= 0.6 is 15.9 Å². The number of piperidine rings is 1. The Hall–Kier alpha value is -0.420. The van der Waals surface area contributed by atoms with Gasteiger partial charge in [-0.05, 0) is 70.1 Å². The van der Waals surface area contributed by atoms with Crippen LogP contribution in [0.25, 0.3) is 0 Å². The molecule has 0 amide bonds. The quantitative estimate of drug-likeness (QED) is 0.849. The minimum Gasteiger partial charge on any atom is -0.388 e. The summed E-state index contributed by atoms with van der Waals surface area (Å²) >= 11 is 3.43. The number of benzene rings is 1. The maximum atomic E-state index is 10.3. The average molecular weight is 355 g/mol. The van der Waals surface area contributed by atoms with Crippen molar-refractivity contribution < 1.29 is 5.11 Å². The number of rotatable bonds is 6. The van der Waals surface area contributed by atoms with E-state index in [9.17, 15) is 5.11 Å². The number of hydrogen-bond acceptors (Lipinski definition) is 3. The fourth-order valence-electron chi connectivity index (χ4n) is 3.07. The molecule has 0 bridgehead atoms. The normalized spacial score (nSPS) is 19.1. The molecular weight excluding hydrogens is 328 g/mol. The molecule has 118 valence electrons. The molecule has 0 aliphatic carbocycles. The average Bonchev–Trinajstić information content (AvgIpc) is 2.46. The van der Waals surface area contributed by atoms with E-state index in [1.54, 1.807) is 0 Å². The molecule has 1 aromatic rings. The Morgan fingerprint density at radius 1 is 1.24 bits per heavy atom. The summed E-state index contributed by atoms with van der Waals surface area (Å²) in [4.78, 5) is 4.78. The Morgan fingerprint density at radius 3 is 2.43 bits per heavy atom. The first-order chi connectivity index (χ1) is 10.0. The number of nitrogens with zero attached hydrogens (tertiary/aromatic N) is 2. The molecule has 0 saturated carbocycles. The zero-order chi connectivity index (χ0) is 15.2. The number of aliphatic hydroxyl groups excluding tert-OH is 1. The van der Waals surface area contributed by atoms with E-state index in [1.165, 1.54) is 32.5 Å². The van der Waals surface area contributed by atoms with Gasteiger partial charge in [-0.1, -0.05) is 28.1 Å². The van der Waals surface area contributed by atoms with Gasteiger partial charge in [-0.15, -0.1) is 0 Å². The first-order valence-corrected chi connectivity index (χ1v) is 8.64. The molecule has 1 fully saturated rings. The zero-order valence-corrected chi connectivity index (χ0v) is 14.7. The Kier molecular flexibility index (Phi) is 6.68. The lowest BCUT2D eigenvalue weighted by Crippen LogP contribution is -2.37. The van der Waals surface area contributed by atoms with Crippen LogP contribution in [0.3, 0.4) is 0 Å². The van der Waals surface area contributed by atoms with Crippen molar-refractivity contribution in [2.45, 2.75) is 25.4 Å². The molecule has 1 aromatic carbocycles. The first-order valence-electron chi connectivity index (χ1n) is 7.85. The largest absolute Gasteiger partial charge is 0.388 e. The molecule has 0 aromatic heterocycles. The summed E-state index contributed by atoms with van der Waals surface area (Å²) in [6, 6.07) is 7.98. The van der Waals surface area contributed by atoms with E-state index >= 15 is 0 Å². The standard InChI is InChI=1S/C17H27BrN2O/c1-19(2)13-14-7-10-20(11-8-14)12-9-17(21)15-3-5-16(18)6-4-15/h3-6,14,17,21H,7-13H2,1-2H3. The lowest BCUT2D eigenvalue weighted by Gasteiger charge is -2.33. The highest BCUT2D eigenvalue weighted by molar-refractivity contribution is 9.10. The van der Waals surface area contributed by atoms with Crippen LogP contribution in [0.1, 0.15) is 30.9 Å². The predicted molar refractivity (Wildman–Crippen MR) is 91.4 cm³/mol. The van der Waals surface area contributed by atoms with Gasteiger partial charge < -0.3 is 14.9 Å². The van der Waals surface area contributed by atoms with Crippen LogP contribution in [-0.2, 0) is 0 Å². The topological polar surface area (TPSA) is 26.7 Å². The molecule has 1 saturated heterocycles. The van der Waals surface area contributed by atoms with Gasteiger partial charge in [-0.25, -0.2) is 0 Å². The molecule has 4 heteroatoms. The van der Waals surface area contributed by atoms with Crippen molar-refractivity contribution in [2.75, 3.05) is 40.3 Å². The highest BCUT2D eigenvalue weighted by Gasteiger charge is 2.20. The molecule has 1 atom stereocenters. The van der Waals surface area contributed by atoms with Crippen LogP contribution in [0, 0.1) is 5.92 Å². The van der Waals surface area contributed by atoms with E-state index in [4.69, 9.17) is 0 Å². The molecule has 0 spiro atoms. The van der Waals surface area contributed by atoms with Gasteiger partial charge in [0.1, 0.15) is 0 Å². The van der Waals surface area contributed by atoms with Crippen molar-refractivity contribution in [3.05, 3.63) is 34.3 Å².